The molecule has 2 aliphatic rings. The van der Waals surface area contributed by atoms with Crippen molar-refractivity contribution in [1.82, 2.24) is 14.9 Å². The second-order valence-corrected chi connectivity index (χ2v) is 6.68. The molecule has 1 aromatic heterocycles. The number of benzene rings is 1. The third-order valence-electron chi connectivity index (χ3n) is 5.42. The van der Waals surface area contributed by atoms with E-state index in [1.807, 2.05) is 30.3 Å². The number of hydrogen-bond donors (Lipinski definition) is 2. The largest absolute Gasteiger partial charge is 0.328 e. The third kappa shape index (κ3) is 2.36. The number of rotatable bonds is 2. The van der Waals surface area contributed by atoms with E-state index in [1.54, 1.807) is 4.57 Å². The van der Waals surface area contributed by atoms with E-state index in [1.165, 1.54) is 0 Å². The minimum atomic E-state index is -0.288. The van der Waals surface area contributed by atoms with E-state index in [2.05, 4.69) is 10.3 Å². The molecule has 0 atom stereocenters. The predicted molar refractivity (Wildman–Crippen MR) is 89.0 cm³/mol. The molecule has 120 valence electrons. The van der Waals surface area contributed by atoms with Gasteiger partial charge in [-0.25, -0.2) is 4.79 Å². The maximum atomic E-state index is 12.5. The van der Waals surface area contributed by atoms with Gasteiger partial charge in [0, 0.05) is 16.7 Å². The zero-order valence-corrected chi connectivity index (χ0v) is 13.1. The topological polar surface area (TPSA) is 66.9 Å². The van der Waals surface area contributed by atoms with Gasteiger partial charge in [-0.2, -0.15) is 0 Å². The summed E-state index contributed by atoms with van der Waals surface area (Å²) in [5.41, 5.74) is 2.40. The molecule has 1 spiro atoms. The molecule has 0 amide bonds. The van der Waals surface area contributed by atoms with E-state index in [4.69, 9.17) is 0 Å². The molecule has 0 unspecified atom stereocenters. The van der Waals surface area contributed by atoms with Gasteiger partial charge < -0.3 is 5.32 Å². The summed E-state index contributed by atoms with van der Waals surface area (Å²) in [6.45, 7) is 2.40. The first kappa shape index (κ1) is 14.5. The Hall–Kier alpha value is -2.14. The molecule has 2 heterocycles. The van der Waals surface area contributed by atoms with E-state index in [0.29, 0.717) is 6.54 Å². The molecule has 1 aromatic carbocycles. The van der Waals surface area contributed by atoms with Gasteiger partial charge in [0.05, 0.1) is 6.54 Å². The number of H-pyrrole nitrogens is 1. The number of hydrogen-bond acceptors (Lipinski definition) is 3. The van der Waals surface area contributed by atoms with Crippen LogP contribution in [0.1, 0.15) is 36.1 Å². The van der Waals surface area contributed by atoms with Crippen molar-refractivity contribution in [3.63, 3.8) is 0 Å². The monoisotopic (exact) mass is 311 g/mol. The molecule has 0 radical (unpaired) electrons. The van der Waals surface area contributed by atoms with Crippen molar-refractivity contribution in [3.8, 4) is 0 Å². The van der Waals surface area contributed by atoms with Crippen LogP contribution in [0.5, 0.6) is 0 Å². The maximum absolute atomic E-state index is 12.5. The van der Waals surface area contributed by atoms with Gasteiger partial charge in [-0.15, -0.1) is 0 Å². The number of nitrogens with one attached hydrogen (secondary N) is 2. The number of fused-ring (bicyclic) bond motifs is 2. The van der Waals surface area contributed by atoms with Crippen LogP contribution in [0.15, 0.2) is 39.9 Å². The highest BCUT2D eigenvalue weighted by atomic mass is 16.2. The summed E-state index contributed by atoms with van der Waals surface area (Å²) < 4.78 is 1.77. The van der Waals surface area contributed by atoms with Gasteiger partial charge in [-0.05, 0) is 44.3 Å². The number of aromatic nitrogens is 2. The quantitative estimate of drug-likeness (QED) is 0.874. The highest BCUT2D eigenvalue weighted by molar-refractivity contribution is 5.35. The second-order valence-electron chi connectivity index (χ2n) is 6.68. The molecule has 1 saturated heterocycles. The molecule has 4 rings (SSSR count). The standard InChI is InChI=1S/C18H21N3O2/c22-16-15-14(6-7-18(15)8-10-19-11-9-18)21(17(23)20-16)12-13-4-2-1-3-5-13/h1-5,19H,6-12H2,(H,20,22,23). The third-order valence-corrected chi connectivity index (χ3v) is 5.42. The van der Waals surface area contributed by atoms with Crippen molar-refractivity contribution in [2.24, 2.45) is 0 Å². The maximum Gasteiger partial charge on any atom is 0.328 e. The van der Waals surface area contributed by atoms with Gasteiger partial charge in [0.15, 0.2) is 0 Å². The van der Waals surface area contributed by atoms with Crippen LogP contribution in [-0.2, 0) is 18.4 Å². The van der Waals surface area contributed by atoms with E-state index in [9.17, 15) is 9.59 Å². The summed E-state index contributed by atoms with van der Waals surface area (Å²) in [4.78, 5) is 27.5. The molecule has 0 saturated carbocycles. The number of piperidine rings is 1. The fourth-order valence-electron chi connectivity index (χ4n) is 4.24. The number of aromatic amines is 1. The first-order valence-electron chi connectivity index (χ1n) is 8.31. The van der Waals surface area contributed by atoms with Crippen molar-refractivity contribution in [2.75, 3.05) is 13.1 Å². The first-order valence-corrected chi connectivity index (χ1v) is 8.31. The summed E-state index contributed by atoms with van der Waals surface area (Å²) in [7, 11) is 0. The minimum Gasteiger partial charge on any atom is -0.317 e. The molecular weight excluding hydrogens is 290 g/mol. The van der Waals surface area contributed by atoms with Gasteiger partial charge in [0.25, 0.3) is 5.56 Å². The highest BCUT2D eigenvalue weighted by Crippen LogP contribution is 2.42. The Labute approximate surface area is 134 Å². The van der Waals surface area contributed by atoms with Crippen LogP contribution < -0.4 is 16.6 Å². The van der Waals surface area contributed by atoms with Crippen molar-refractivity contribution in [3.05, 3.63) is 68.0 Å². The summed E-state index contributed by atoms with van der Waals surface area (Å²) in [5, 5.41) is 3.37. The lowest BCUT2D eigenvalue weighted by molar-refractivity contribution is 0.304. The lowest BCUT2D eigenvalue weighted by atomic mass is 9.75. The first-order chi connectivity index (χ1) is 11.2. The van der Waals surface area contributed by atoms with Crippen LogP contribution >= 0.6 is 0 Å². The van der Waals surface area contributed by atoms with Gasteiger partial charge in [-0.3, -0.25) is 14.3 Å². The molecular formula is C18H21N3O2. The SMILES string of the molecule is O=c1[nH]c(=O)n(Cc2ccccc2)c2c1C1(CCNCC1)CC2. The second kappa shape index (κ2) is 5.49. The van der Waals surface area contributed by atoms with Gasteiger partial charge >= 0.3 is 5.69 Å². The molecule has 1 aliphatic heterocycles. The Morgan fingerprint density at radius 3 is 2.52 bits per heavy atom. The molecule has 23 heavy (non-hydrogen) atoms. The Morgan fingerprint density at radius 2 is 1.78 bits per heavy atom. The van der Waals surface area contributed by atoms with Crippen LogP contribution in [0.2, 0.25) is 0 Å². The molecule has 1 aliphatic carbocycles. The molecule has 0 bridgehead atoms. The van der Waals surface area contributed by atoms with Crippen molar-refractivity contribution < 1.29 is 0 Å². The molecule has 5 heteroatoms. The number of nitrogens with zero attached hydrogens (tertiary/aromatic N) is 1. The van der Waals surface area contributed by atoms with Gasteiger partial charge in [-0.1, -0.05) is 30.3 Å². The fraction of sp³-hybridized carbons (Fsp3) is 0.444. The van der Waals surface area contributed by atoms with E-state index in [0.717, 1.165) is 55.6 Å². The van der Waals surface area contributed by atoms with Gasteiger partial charge in [0.2, 0.25) is 0 Å². The zero-order valence-electron chi connectivity index (χ0n) is 13.1. The molecule has 1 fully saturated rings. The summed E-state index contributed by atoms with van der Waals surface area (Å²) >= 11 is 0. The van der Waals surface area contributed by atoms with Crippen LogP contribution in [0.25, 0.3) is 0 Å². The zero-order chi connectivity index (χ0) is 15.9. The highest BCUT2D eigenvalue weighted by Gasteiger charge is 2.43. The fourth-order valence-corrected chi connectivity index (χ4v) is 4.24. The van der Waals surface area contributed by atoms with E-state index in [-0.39, 0.29) is 16.7 Å². The smallest absolute Gasteiger partial charge is 0.317 e. The lowest BCUT2D eigenvalue weighted by Gasteiger charge is -2.34. The van der Waals surface area contributed by atoms with Crippen LogP contribution in [-0.4, -0.2) is 22.6 Å². The normalized spacial score (nSPS) is 19.0. The summed E-state index contributed by atoms with van der Waals surface area (Å²) in [6.07, 6.45) is 3.76. The predicted octanol–water partition coefficient (Wildman–Crippen LogP) is 1.15. The molecule has 2 aromatic rings. The minimum absolute atomic E-state index is 0.0414. The van der Waals surface area contributed by atoms with Gasteiger partial charge in [0.1, 0.15) is 0 Å². The van der Waals surface area contributed by atoms with Crippen molar-refractivity contribution in [2.45, 2.75) is 37.6 Å². The van der Waals surface area contributed by atoms with Crippen molar-refractivity contribution >= 4 is 0 Å². The Balaban J connectivity index is 1.83. The summed E-state index contributed by atoms with van der Waals surface area (Å²) in [5.74, 6) is 0. The van der Waals surface area contributed by atoms with Crippen LogP contribution in [0, 0.1) is 0 Å². The molecule has 5 nitrogen and oxygen atoms in total. The summed E-state index contributed by atoms with van der Waals surface area (Å²) in [6, 6.07) is 9.94. The Kier molecular flexibility index (Phi) is 3.45. The lowest BCUT2D eigenvalue weighted by Crippen LogP contribution is -2.43. The molecule has 2 N–H and O–H groups in total. The van der Waals surface area contributed by atoms with E-state index >= 15 is 0 Å². The van der Waals surface area contributed by atoms with Crippen LogP contribution in [0.4, 0.5) is 0 Å². The average Bonchev–Trinajstić information content (AvgIpc) is 2.92. The Morgan fingerprint density at radius 1 is 1.04 bits per heavy atom. The van der Waals surface area contributed by atoms with Crippen LogP contribution in [0.3, 0.4) is 0 Å². The van der Waals surface area contributed by atoms with Crippen molar-refractivity contribution in [1.29, 1.82) is 0 Å². The Bertz CT molecular complexity index is 830. The average molecular weight is 311 g/mol. The van der Waals surface area contributed by atoms with E-state index < -0.39 is 0 Å².